The van der Waals surface area contributed by atoms with Gasteiger partial charge in [-0.15, -0.1) is 0 Å². The first-order valence-electron chi connectivity index (χ1n) is 10.2. The lowest BCUT2D eigenvalue weighted by Crippen LogP contribution is -2.43. The standard InChI is InChI=1S/C24H21N3O2/c28-21-11-17(18-12-25-20-9-2-1-7-15(18)20)22(24(29)26-21)19-13-27-10-4-6-14-5-3-8-16(19)23(14)27/h1-3,5,7-9,12-13,17,22,25H,4,6,10-11H2,(H,26,28,29)/t17?,22-/m1/s1. The first-order chi connectivity index (χ1) is 14.2. The molecule has 6 rings (SSSR count). The largest absolute Gasteiger partial charge is 0.361 e. The molecule has 1 unspecified atom stereocenters. The third-order valence-corrected chi connectivity index (χ3v) is 6.57. The average molecular weight is 383 g/mol. The van der Waals surface area contributed by atoms with Crippen LogP contribution in [-0.4, -0.2) is 21.4 Å². The molecule has 2 aliphatic heterocycles. The van der Waals surface area contributed by atoms with Crippen molar-refractivity contribution in [3.8, 4) is 0 Å². The Balaban J connectivity index is 1.57. The van der Waals surface area contributed by atoms with Crippen LogP contribution in [0, 0.1) is 0 Å². The molecule has 1 fully saturated rings. The van der Waals surface area contributed by atoms with Crippen molar-refractivity contribution in [2.75, 3.05) is 0 Å². The highest BCUT2D eigenvalue weighted by Crippen LogP contribution is 2.44. The number of rotatable bonds is 2. The van der Waals surface area contributed by atoms with Gasteiger partial charge in [-0.2, -0.15) is 0 Å². The van der Waals surface area contributed by atoms with Crippen LogP contribution in [0.4, 0.5) is 0 Å². The molecule has 0 aliphatic carbocycles. The van der Waals surface area contributed by atoms with Gasteiger partial charge in [-0.1, -0.05) is 36.4 Å². The van der Waals surface area contributed by atoms with Gasteiger partial charge in [0.1, 0.15) is 0 Å². The van der Waals surface area contributed by atoms with Gasteiger partial charge in [0.25, 0.3) is 0 Å². The number of para-hydroxylation sites is 2. The number of imide groups is 1. The highest BCUT2D eigenvalue weighted by atomic mass is 16.2. The van der Waals surface area contributed by atoms with E-state index < -0.39 is 0 Å². The summed E-state index contributed by atoms with van der Waals surface area (Å²) in [4.78, 5) is 28.8. The molecule has 2 aromatic heterocycles. The number of aromatic amines is 1. The van der Waals surface area contributed by atoms with Crippen molar-refractivity contribution >= 4 is 33.6 Å². The van der Waals surface area contributed by atoms with E-state index in [2.05, 4.69) is 45.3 Å². The van der Waals surface area contributed by atoms with Crippen LogP contribution in [-0.2, 0) is 22.6 Å². The van der Waals surface area contributed by atoms with Crippen LogP contribution in [0.5, 0.6) is 0 Å². The number of carbonyl (C=O) groups is 2. The fourth-order valence-corrected chi connectivity index (χ4v) is 5.35. The molecule has 2 N–H and O–H groups in total. The number of amides is 2. The lowest BCUT2D eigenvalue weighted by Gasteiger charge is -2.30. The SMILES string of the molecule is O=C1CC(c2c[nH]c3ccccc23)[C@H](c2cn3c4c(cccc24)CCC3)C(=O)N1. The summed E-state index contributed by atoms with van der Waals surface area (Å²) in [6.07, 6.45) is 6.61. The normalized spacial score (nSPS) is 21.7. The van der Waals surface area contributed by atoms with Gasteiger partial charge in [-0.25, -0.2) is 0 Å². The molecule has 144 valence electrons. The molecule has 2 aromatic carbocycles. The van der Waals surface area contributed by atoms with E-state index in [4.69, 9.17) is 0 Å². The van der Waals surface area contributed by atoms with Crippen LogP contribution < -0.4 is 5.32 Å². The minimum atomic E-state index is -0.385. The molecule has 2 amide bonds. The first-order valence-corrected chi connectivity index (χ1v) is 10.2. The summed E-state index contributed by atoms with van der Waals surface area (Å²) in [6, 6.07) is 14.5. The second-order valence-corrected chi connectivity index (χ2v) is 8.19. The summed E-state index contributed by atoms with van der Waals surface area (Å²) in [6.45, 7) is 0.971. The van der Waals surface area contributed by atoms with E-state index in [1.165, 1.54) is 11.1 Å². The van der Waals surface area contributed by atoms with E-state index in [9.17, 15) is 9.59 Å². The van der Waals surface area contributed by atoms with Gasteiger partial charge >= 0.3 is 0 Å². The molecule has 5 nitrogen and oxygen atoms in total. The second kappa shape index (κ2) is 6.08. The molecule has 29 heavy (non-hydrogen) atoms. The summed E-state index contributed by atoms with van der Waals surface area (Å²) in [5, 5.41) is 4.82. The number of nitrogens with zero attached hydrogens (tertiary/aromatic N) is 1. The van der Waals surface area contributed by atoms with Gasteiger partial charge in [-0.05, 0) is 35.6 Å². The number of aromatic nitrogens is 2. The Labute approximate surface area is 167 Å². The number of nitrogens with one attached hydrogen (secondary N) is 2. The highest BCUT2D eigenvalue weighted by molar-refractivity contribution is 6.05. The summed E-state index contributed by atoms with van der Waals surface area (Å²) >= 11 is 0. The summed E-state index contributed by atoms with van der Waals surface area (Å²) in [7, 11) is 0. The molecule has 0 bridgehead atoms. The fraction of sp³-hybridized carbons (Fsp3) is 0.250. The van der Waals surface area contributed by atoms with Crippen LogP contribution in [0.3, 0.4) is 0 Å². The predicted molar refractivity (Wildman–Crippen MR) is 112 cm³/mol. The van der Waals surface area contributed by atoms with E-state index in [1.54, 1.807) is 0 Å². The van der Waals surface area contributed by atoms with E-state index in [0.29, 0.717) is 6.42 Å². The van der Waals surface area contributed by atoms with Gasteiger partial charge in [0, 0.05) is 47.6 Å². The van der Waals surface area contributed by atoms with Crippen LogP contribution in [0.25, 0.3) is 21.8 Å². The molecule has 0 spiro atoms. The average Bonchev–Trinajstić information content (AvgIpc) is 3.31. The minimum absolute atomic E-state index is 0.184. The Bertz CT molecular complexity index is 1300. The fourth-order valence-electron chi connectivity index (χ4n) is 5.35. The predicted octanol–water partition coefficient (Wildman–Crippen LogP) is 3.98. The summed E-state index contributed by atoms with van der Waals surface area (Å²) < 4.78 is 2.29. The molecule has 4 aromatic rings. The smallest absolute Gasteiger partial charge is 0.234 e. The van der Waals surface area contributed by atoms with Crippen molar-refractivity contribution < 1.29 is 9.59 Å². The molecule has 4 heterocycles. The third kappa shape index (κ3) is 2.40. The Kier molecular flexibility index (Phi) is 3.48. The van der Waals surface area contributed by atoms with Crippen molar-refractivity contribution in [1.82, 2.24) is 14.9 Å². The van der Waals surface area contributed by atoms with Gasteiger partial charge in [-0.3, -0.25) is 14.9 Å². The lowest BCUT2D eigenvalue weighted by atomic mass is 9.76. The van der Waals surface area contributed by atoms with Crippen LogP contribution in [0.15, 0.2) is 54.9 Å². The van der Waals surface area contributed by atoms with E-state index in [0.717, 1.165) is 46.8 Å². The number of piperidine rings is 1. The Morgan fingerprint density at radius 2 is 1.83 bits per heavy atom. The number of H-pyrrole nitrogens is 1. The Morgan fingerprint density at radius 1 is 0.966 bits per heavy atom. The van der Waals surface area contributed by atoms with Crippen molar-refractivity contribution in [3.05, 3.63) is 71.5 Å². The molecular formula is C24H21N3O2. The highest BCUT2D eigenvalue weighted by Gasteiger charge is 2.40. The number of benzene rings is 2. The molecule has 5 heteroatoms. The van der Waals surface area contributed by atoms with Gasteiger partial charge in [0.2, 0.25) is 11.8 Å². The van der Waals surface area contributed by atoms with Crippen molar-refractivity contribution in [1.29, 1.82) is 0 Å². The number of hydrogen-bond acceptors (Lipinski definition) is 2. The Hall–Kier alpha value is -3.34. The van der Waals surface area contributed by atoms with Crippen molar-refractivity contribution in [2.45, 2.75) is 37.6 Å². The van der Waals surface area contributed by atoms with Crippen LogP contribution in [0.2, 0.25) is 0 Å². The second-order valence-electron chi connectivity index (χ2n) is 8.19. The Morgan fingerprint density at radius 3 is 2.76 bits per heavy atom. The number of fused-ring (bicyclic) bond motifs is 1. The van der Waals surface area contributed by atoms with E-state index in [1.807, 2.05) is 24.4 Å². The maximum atomic E-state index is 13.1. The zero-order valence-corrected chi connectivity index (χ0v) is 15.9. The van der Waals surface area contributed by atoms with Gasteiger partial charge in [0.15, 0.2) is 0 Å². The maximum absolute atomic E-state index is 13.1. The van der Waals surface area contributed by atoms with Crippen LogP contribution in [0.1, 0.15) is 41.4 Å². The quantitative estimate of drug-likeness (QED) is 0.514. The van der Waals surface area contributed by atoms with Crippen molar-refractivity contribution in [3.63, 3.8) is 0 Å². The van der Waals surface area contributed by atoms with E-state index >= 15 is 0 Å². The molecule has 2 aliphatic rings. The van der Waals surface area contributed by atoms with Gasteiger partial charge < -0.3 is 9.55 Å². The first kappa shape index (κ1) is 16.6. The molecular weight excluding hydrogens is 362 g/mol. The monoisotopic (exact) mass is 383 g/mol. The number of hydrogen-bond donors (Lipinski definition) is 2. The lowest BCUT2D eigenvalue weighted by molar-refractivity contribution is -0.135. The number of carbonyl (C=O) groups excluding carboxylic acids is 2. The van der Waals surface area contributed by atoms with E-state index in [-0.39, 0.29) is 23.7 Å². The molecule has 1 saturated heterocycles. The zero-order valence-electron chi connectivity index (χ0n) is 15.9. The third-order valence-electron chi connectivity index (χ3n) is 6.57. The minimum Gasteiger partial charge on any atom is -0.361 e. The topological polar surface area (TPSA) is 66.9 Å². The molecule has 0 saturated carbocycles. The number of aryl methyl sites for hydroxylation is 2. The van der Waals surface area contributed by atoms with Gasteiger partial charge in [0.05, 0.1) is 11.4 Å². The maximum Gasteiger partial charge on any atom is 0.234 e. The summed E-state index contributed by atoms with van der Waals surface area (Å²) in [5.74, 6) is -0.963. The molecule has 2 atom stereocenters. The molecule has 0 radical (unpaired) electrons. The van der Waals surface area contributed by atoms with Crippen molar-refractivity contribution in [2.24, 2.45) is 0 Å². The zero-order chi connectivity index (χ0) is 19.5. The van der Waals surface area contributed by atoms with Crippen LogP contribution >= 0.6 is 0 Å². The summed E-state index contributed by atoms with van der Waals surface area (Å²) in [5.41, 5.74) is 5.69.